The number of aryl methyl sites for hydroxylation is 1. The second-order valence-electron chi connectivity index (χ2n) is 6.17. The average molecular weight is 365 g/mol. The molecule has 3 aromatic rings. The van der Waals surface area contributed by atoms with Gasteiger partial charge in [-0.1, -0.05) is 12.1 Å². The molecule has 1 heterocycles. The van der Waals surface area contributed by atoms with Crippen LogP contribution in [0.15, 0.2) is 67.3 Å². The maximum Gasteiger partial charge on any atom is 0.211 e. The fourth-order valence-corrected chi connectivity index (χ4v) is 2.83. The van der Waals surface area contributed by atoms with E-state index >= 15 is 0 Å². The summed E-state index contributed by atoms with van der Waals surface area (Å²) < 4.78 is 13.4. The van der Waals surface area contributed by atoms with Crippen LogP contribution in [-0.4, -0.2) is 29.2 Å². The first-order valence-electron chi connectivity index (χ1n) is 8.82. The van der Waals surface area contributed by atoms with Crippen LogP contribution in [0.5, 0.6) is 11.5 Å². The van der Waals surface area contributed by atoms with Crippen molar-refractivity contribution in [2.24, 2.45) is 0 Å². The molecule has 6 heteroatoms. The minimum atomic E-state index is -0.00816. The molecule has 1 aromatic heterocycles. The van der Waals surface area contributed by atoms with E-state index in [9.17, 15) is 4.79 Å². The number of amides is 1. The summed E-state index contributed by atoms with van der Waals surface area (Å²) >= 11 is 0. The average Bonchev–Trinajstić information content (AvgIpc) is 3.21. The molecular weight excluding hydrogens is 342 g/mol. The van der Waals surface area contributed by atoms with Gasteiger partial charge in [0.1, 0.15) is 17.6 Å². The molecule has 0 spiro atoms. The quantitative estimate of drug-likeness (QED) is 0.558. The lowest BCUT2D eigenvalue weighted by atomic mass is 10.1. The highest BCUT2D eigenvalue weighted by atomic mass is 16.5. The number of carbonyl (C=O) groups is 1. The highest BCUT2D eigenvalue weighted by Crippen LogP contribution is 2.20. The molecule has 1 amide bonds. The molecule has 0 aliphatic heterocycles. The van der Waals surface area contributed by atoms with Crippen molar-refractivity contribution in [3.05, 3.63) is 72.8 Å². The van der Waals surface area contributed by atoms with Gasteiger partial charge in [0.05, 0.1) is 20.0 Å². The van der Waals surface area contributed by atoms with Gasteiger partial charge < -0.3 is 19.4 Å². The summed E-state index contributed by atoms with van der Waals surface area (Å²) in [5.74, 6) is 1.63. The number of anilines is 1. The molecule has 0 bridgehead atoms. The molecule has 3 rings (SSSR count). The van der Waals surface area contributed by atoms with E-state index in [1.807, 2.05) is 47.2 Å². The summed E-state index contributed by atoms with van der Waals surface area (Å²) in [4.78, 5) is 14.6. The SMILES string of the molecule is COc1ccc(CCC(Cn2ccnc2)Oc2ccc(NC=O)cc2)cc1. The lowest BCUT2D eigenvalue weighted by Gasteiger charge is -2.20. The predicted molar refractivity (Wildman–Crippen MR) is 104 cm³/mol. The summed E-state index contributed by atoms with van der Waals surface area (Å²) in [6, 6.07) is 15.5. The van der Waals surface area contributed by atoms with Gasteiger partial charge in [-0.15, -0.1) is 0 Å². The highest BCUT2D eigenvalue weighted by molar-refractivity contribution is 5.71. The van der Waals surface area contributed by atoms with Crippen molar-refractivity contribution in [1.29, 1.82) is 0 Å². The van der Waals surface area contributed by atoms with Gasteiger partial charge >= 0.3 is 0 Å². The molecule has 0 saturated heterocycles. The summed E-state index contributed by atoms with van der Waals surface area (Å²) in [6.45, 7) is 0.713. The van der Waals surface area contributed by atoms with E-state index in [1.54, 1.807) is 19.6 Å². The minimum Gasteiger partial charge on any atom is -0.497 e. The van der Waals surface area contributed by atoms with Gasteiger partial charge in [0, 0.05) is 18.1 Å². The Morgan fingerprint density at radius 2 is 1.85 bits per heavy atom. The van der Waals surface area contributed by atoms with E-state index in [2.05, 4.69) is 22.4 Å². The molecule has 0 saturated carbocycles. The van der Waals surface area contributed by atoms with Gasteiger partial charge in [0.2, 0.25) is 6.41 Å². The molecule has 0 aliphatic carbocycles. The highest BCUT2D eigenvalue weighted by Gasteiger charge is 2.12. The Bertz CT molecular complexity index is 815. The number of aromatic nitrogens is 2. The lowest BCUT2D eigenvalue weighted by Crippen LogP contribution is -2.23. The Labute approximate surface area is 158 Å². The summed E-state index contributed by atoms with van der Waals surface area (Å²) in [7, 11) is 1.67. The summed E-state index contributed by atoms with van der Waals surface area (Å²) in [6.07, 6.45) is 7.90. The number of rotatable bonds is 10. The van der Waals surface area contributed by atoms with E-state index in [1.165, 1.54) is 5.56 Å². The van der Waals surface area contributed by atoms with E-state index in [4.69, 9.17) is 9.47 Å². The van der Waals surface area contributed by atoms with Crippen molar-refractivity contribution in [2.75, 3.05) is 12.4 Å². The zero-order chi connectivity index (χ0) is 18.9. The fourth-order valence-electron chi connectivity index (χ4n) is 2.83. The normalized spacial score (nSPS) is 11.6. The molecule has 1 unspecified atom stereocenters. The van der Waals surface area contributed by atoms with Crippen LogP contribution in [0.2, 0.25) is 0 Å². The molecule has 0 fully saturated rings. The van der Waals surface area contributed by atoms with Crippen LogP contribution in [-0.2, 0) is 17.8 Å². The number of imidazole rings is 1. The van der Waals surface area contributed by atoms with E-state index < -0.39 is 0 Å². The van der Waals surface area contributed by atoms with Gasteiger partial charge in [0.25, 0.3) is 0 Å². The topological polar surface area (TPSA) is 65.4 Å². The molecular formula is C21H23N3O3. The van der Waals surface area contributed by atoms with Crippen molar-refractivity contribution >= 4 is 12.1 Å². The molecule has 27 heavy (non-hydrogen) atoms. The first kappa shape index (κ1) is 18.5. The van der Waals surface area contributed by atoms with Crippen molar-refractivity contribution in [2.45, 2.75) is 25.5 Å². The van der Waals surface area contributed by atoms with Crippen LogP contribution in [0.3, 0.4) is 0 Å². The molecule has 0 radical (unpaired) electrons. The Morgan fingerprint density at radius 3 is 2.48 bits per heavy atom. The van der Waals surface area contributed by atoms with Crippen LogP contribution in [0.4, 0.5) is 5.69 Å². The van der Waals surface area contributed by atoms with Gasteiger partial charge in [0.15, 0.2) is 0 Å². The zero-order valence-corrected chi connectivity index (χ0v) is 15.2. The molecule has 140 valence electrons. The monoisotopic (exact) mass is 365 g/mol. The molecule has 2 aromatic carbocycles. The first-order valence-corrected chi connectivity index (χ1v) is 8.82. The van der Waals surface area contributed by atoms with Crippen molar-refractivity contribution in [1.82, 2.24) is 9.55 Å². The number of nitrogens with zero attached hydrogens (tertiary/aromatic N) is 2. The Hall–Kier alpha value is -3.28. The largest absolute Gasteiger partial charge is 0.497 e. The minimum absolute atomic E-state index is 0.00816. The molecule has 1 N–H and O–H groups in total. The van der Waals surface area contributed by atoms with Crippen LogP contribution in [0.1, 0.15) is 12.0 Å². The number of methoxy groups -OCH3 is 1. The van der Waals surface area contributed by atoms with Crippen LogP contribution in [0.25, 0.3) is 0 Å². The third kappa shape index (κ3) is 5.60. The van der Waals surface area contributed by atoms with Gasteiger partial charge in [-0.2, -0.15) is 0 Å². The van der Waals surface area contributed by atoms with E-state index in [0.29, 0.717) is 13.0 Å². The number of hydrogen-bond donors (Lipinski definition) is 1. The number of benzene rings is 2. The smallest absolute Gasteiger partial charge is 0.211 e. The van der Waals surface area contributed by atoms with Gasteiger partial charge in [-0.3, -0.25) is 4.79 Å². The van der Waals surface area contributed by atoms with Crippen molar-refractivity contribution < 1.29 is 14.3 Å². The van der Waals surface area contributed by atoms with Crippen LogP contribution in [0, 0.1) is 0 Å². The molecule has 6 nitrogen and oxygen atoms in total. The first-order chi connectivity index (χ1) is 13.3. The van der Waals surface area contributed by atoms with E-state index in [-0.39, 0.29) is 6.10 Å². The van der Waals surface area contributed by atoms with Gasteiger partial charge in [-0.25, -0.2) is 4.98 Å². The predicted octanol–water partition coefficient (Wildman–Crippen LogP) is 3.54. The third-order valence-corrected chi connectivity index (χ3v) is 4.27. The Balaban J connectivity index is 1.65. The second-order valence-corrected chi connectivity index (χ2v) is 6.17. The van der Waals surface area contributed by atoms with Gasteiger partial charge in [-0.05, 0) is 54.8 Å². The maximum atomic E-state index is 10.5. The van der Waals surface area contributed by atoms with Crippen LogP contribution < -0.4 is 14.8 Å². The van der Waals surface area contributed by atoms with E-state index in [0.717, 1.165) is 30.0 Å². The lowest BCUT2D eigenvalue weighted by molar-refractivity contribution is -0.105. The van der Waals surface area contributed by atoms with Crippen molar-refractivity contribution in [3.63, 3.8) is 0 Å². The van der Waals surface area contributed by atoms with Crippen molar-refractivity contribution in [3.8, 4) is 11.5 Å². The molecule has 1 atom stereocenters. The summed E-state index contributed by atoms with van der Waals surface area (Å²) in [5, 5.41) is 2.62. The summed E-state index contributed by atoms with van der Waals surface area (Å²) in [5.41, 5.74) is 1.97. The Kier molecular flexibility index (Phi) is 6.46. The number of carbonyl (C=O) groups excluding carboxylic acids is 1. The van der Waals surface area contributed by atoms with Crippen LogP contribution >= 0.6 is 0 Å². The molecule has 0 aliphatic rings. The Morgan fingerprint density at radius 1 is 1.11 bits per heavy atom. The number of hydrogen-bond acceptors (Lipinski definition) is 4. The second kappa shape index (κ2) is 9.43. The third-order valence-electron chi connectivity index (χ3n) is 4.27. The standard InChI is InChI=1S/C21H23N3O3/c1-26-19-7-2-17(3-8-19)4-9-21(14-24-13-12-22-15-24)27-20-10-5-18(6-11-20)23-16-25/h2-3,5-8,10-13,15-16,21H,4,9,14H2,1H3,(H,23,25). The maximum absolute atomic E-state index is 10.5. The fraction of sp³-hybridized carbons (Fsp3) is 0.238. The zero-order valence-electron chi connectivity index (χ0n) is 15.2. The number of nitrogens with one attached hydrogen (secondary N) is 1. The number of ether oxygens (including phenoxy) is 2.